The lowest BCUT2D eigenvalue weighted by Crippen LogP contribution is -1.86. The molecule has 1 nitrogen and oxygen atoms in total. The number of fused-ring (bicyclic) bond motifs is 1. The van der Waals surface area contributed by atoms with Crippen LogP contribution in [-0.4, -0.2) is 5.11 Å². The van der Waals surface area contributed by atoms with Crippen molar-refractivity contribution in [3.63, 3.8) is 0 Å². The van der Waals surface area contributed by atoms with E-state index in [2.05, 4.69) is 5.38 Å². The number of halogens is 1. The van der Waals surface area contributed by atoms with Crippen LogP contribution in [0.2, 0.25) is 0 Å². The van der Waals surface area contributed by atoms with Gasteiger partial charge in [0.25, 0.3) is 0 Å². The molecule has 1 N–H and O–H groups in total. The molecule has 0 amide bonds. The van der Waals surface area contributed by atoms with Crippen LogP contribution in [0.5, 0.6) is 5.75 Å². The Morgan fingerprint density at radius 3 is 2.61 bits per heavy atom. The van der Waals surface area contributed by atoms with E-state index >= 15 is 0 Å². The molecule has 0 saturated heterocycles. The predicted molar refractivity (Wildman–Crippen MR) is 72.7 cm³/mol. The number of rotatable bonds is 2. The van der Waals surface area contributed by atoms with Crippen LogP contribution in [0.15, 0.2) is 47.8 Å². The third-order valence-corrected chi connectivity index (χ3v) is 3.94. The zero-order valence-corrected chi connectivity index (χ0v) is 10.4. The third kappa shape index (κ3) is 2.09. The van der Waals surface area contributed by atoms with Gasteiger partial charge in [-0.1, -0.05) is 12.1 Å². The van der Waals surface area contributed by atoms with E-state index in [0.29, 0.717) is 0 Å². The fourth-order valence-corrected chi connectivity index (χ4v) is 3.03. The molecule has 0 bridgehead atoms. The third-order valence-electron chi connectivity index (χ3n) is 2.95. The van der Waals surface area contributed by atoms with Crippen LogP contribution in [0.3, 0.4) is 0 Å². The molecule has 1 aromatic heterocycles. The van der Waals surface area contributed by atoms with Gasteiger partial charge < -0.3 is 5.11 Å². The summed E-state index contributed by atoms with van der Waals surface area (Å²) in [6.45, 7) is 0. The first kappa shape index (κ1) is 11.2. The highest BCUT2D eigenvalue weighted by molar-refractivity contribution is 7.17. The number of thiophene rings is 1. The van der Waals surface area contributed by atoms with Gasteiger partial charge in [-0.25, -0.2) is 4.39 Å². The summed E-state index contributed by atoms with van der Waals surface area (Å²) >= 11 is 1.62. The molecule has 1 heterocycles. The molecule has 0 aliphatic carbocycles. The Morgan fingerprint density at radius 2 is 1.83 bits per heavy atom. The summed E-state index contributed by atoms with van der Waals surface area (Å²) < 4.78 is 13.9. The van der Waals surface area contributed by atoms with Crippen LogP contribution in [0.1, 0.15) is 11.1 Å². The van der Waals surface area contributed by atoms with Crippen LogP contribution < -0.4 is 0 Å². The summed E-state index contributed by atoms with van der Waals surface area (Å²) in [5.41, 5.74) is 2.30. The van der Waals surface area contributed by atoms with Crippen LogP contribution in [0.25, 0.3) is 10.1 Å². The zero-order chi connectivity index (χ0) is 12.5. The summed E-state index contributed by atoms with van der Waals surface area (Å²) in [4.78, 5) is 0. The summed E-state index contributed by atoms with van der Waals surface area (Å²) in [6, 6.07) is 12.0. The number of phenolic OH excluding ortho intramolecular Hbond substituents is 1. The predicted octanol–water partition coefficient (Wildman–Crippen LogP) is 4.34. The molecule has 0 unspecified atom stereocenters. The van der Waals surface area contributed by atoms with E-state index in [-0.39, 0.29) is 11.6 Å². The Balaban J connectivity index is 1.97. The first-order valence-electron chi connectivity index (χ1n) is 5.66. The standard InChI is InChI=1S/C15H11FOS/c16-12-3-1-10(2-4-12)7-11-9-18-15-8-13(17)5-6-14(11)15/h1-6,8-9,17H,7H2. The largest absolute Gasteiger partial charge is 0.508 e. The van der Waals surface area contributed by atoms with E-state index in [1.807, 2.05) is 6.07 Å². The lowest BCUT2D eigenvalue weighted by atomic mass is 10.0. The van der Waals surface area contributed by atoms with E-state index in [1.54, 1.807) is 35.6 Å². The van der Waals surface area contributed by atoms with Crippen molar-refractivity contribution in [1.29, 1.82) is 0 Å². The highest BCUT2D eigenvalue weighted by Gasteiger charge is 2.05. The molecule has 0 spiro atoms. The number of hydrogen-bond donors (Lipinski definition) is 1. The topological polar surface area (TPSA) is 20.2 Å². The monoisotopic (exact) mass is 258 g/mol. The second-order valence-corrected chi connectivity index (χ2v) is 5.16. The lowest BCUT2D eigenvalue weighted by Gasteiger charge is -2.01. The zero-order valence-electron chi connectivity index (χ0n) is 9.56. The van der Waals surface area contributed by atoms with Crippen LogP contribution in [-0.2, 0) is 6.42 Å². The fourth-order valence-electron chi connectivity index (χ4n) is 2.03. The van der Waals surface area contributed by atoms with E-state index in [1.165, 1.54) is 17.7 Å². The molecular weight excluding hydrogens is 247 g/mol. The van der Waals surface area contributed by atoms with Gasteiger partial charge in [0, 0.05) is 4.70 Å². The maximum atomic E-state index is 12.8. The smallest absolute Gasteiger partial charge is 0.123 e. The number of benzene rings is 2. The average molecular weight is 258 g/mol. The number of phenols is 1. The quantitative estimate of drug-likeness (QED) is 0.725. The lowest BCUT2D eigenvalue weighted by molar-refractivity contribution is 0.476. The normalized spacial score (nSPS) is 10.9. The Hall–Kier alpha value is -1.87. The molecular formula is C15H11FOS. The van der Waals surface area contributed by atoms with Gasteiger partial charge in [0.05, 0.1) is 0 Å². The SMILES string of the molecule is Oc1ccc2c(Cc3ccc(F)cc3)csc2c1. The summed E-state index contributed by atoms with van der Waals surface area (Å²) in [6.07, 6.45) is 0.783. The van der Waals surface area contributed by atoms with E-state index in [0.717, 1.165) is 22.1 Å². The van der Waals surface area contributed by atoms with Crippen molar-refractivity contribution in [3.05, 3.63) is 64.8 Å². The van der Waals surface area contributed by atoms with Gasteiger partial charge in [-0.15, -0.1) is 11.3 Å². The first-order valence-corrected chi connectivity index (χ1v) is 6.54. The number of hydrogen-bond acceptors (Lipinski definition) is 2. The molecule has 18 heavy (non-hydrogen) atoms. The fraction of sp³-hybridized carbons (Fsp3) is 0.0667. The van der Waals surface area contributed by atoms with Gasteiger partial charge in [-0.05, 0) is 58.6 Å². The Morgan fingerprint density at radius 1 is 1.06 bits per heavy atom. The van der Waals surface area contributed by atoms with Crippen LogP contribution >= 0.6 is 11.3 Å². The Labute approximate surface area is 108 Å². The van der Waals surface area contributed by atoms with Gasteiger partial charge in [-0.3, -0.25) is 0 Å². The van der Waals surface area contributed by atoms with Gasteiger partial charge >= 0.3 is 0 Å². The maximum absolute atomic E-state index is 12.8. The van der Waals surface area contributed by atoms with Crippen molar-refractivity contribution in [1.82, 2.24) is 0 Å². The second kappa shape index (κ2) is 4.42. The van der Waals surface area contributed by atoms with Crippen LogP contribution in [0, 0.1) is 5.82 Å². The molecule has 0 saturated carbocycles. The summed E-state index contributed by atoms with van der Waals surface area (Å²) in [5.74, 6) is 0.0801. The second-order valence-electron chi connectivity index (χ2n) is 4.24. The van der Waals surface area contributed by atoms with Gasteiger partial charge in [-0.2, -0.15) is 0 Å². The molecule has 3 aromatic rings. The molecule has 2 aromatic carbocycles. The molecule has 0 radical (unpaired) electrons. The maximum Gasteiger partial charge on any atom is 0.123 e. The average Bonchev–Trinajstić information content (AvgIpc) is 2.74. The van der Waals surface area contributed by atoms with Gasteiger partial charge in [0.2, 0.25) is 0 Å². The Bertz CT molecular complexity index is 685. The minimum Gasteiger partial charge on any atom is -0.508 e. The molecule has 90 valence electrons. The van der Waals surface area contributed by atoms with E-state index < -0.39 is 0 Å². The molecule has 0 fully saturated rings. The molecule has 3 rings (SSSR count). The highest BCUT2D eigenvalue weighted by atomic mass is 32.1. The van der Waals surface area contributed by atoms with Crippen molar-refractivity contribution in [3.8, 4) is 5.75 Å². The summed E-state index contributed by atoms with van der Waals surface area (Å²) in [5, 5.41) is 12.7. The van der Waals surface area contributed by atoms with Gasteiger partial charge in [0.1, 0.15) is 11.6 Å². The van der Waals surface area contributed by atoms with Crippen molar-refractivity contribution in [2.45, 2.75) is 6.42 Å². The minimum atomic E-state index is -0.209. The molecule has 0 aliphatic heterocycles. The van der Waals surface area contributed by atoms with Crippen molar-refractivity contribution < 1.29 is 9.50 Å². The summed E-state index contributed by atoms with van der Waals surface area (Å²) in [7, 11) is 0. The molecule has 0 aliphatic rings. The first-order chi connectivity index (χ1) is 8.72. The minimum absolute atomic E-state index is 0.209. The van der Waals surface area contributed by atoms with Crippen molar-refractivity contribution >= 4 is 21.4 Å². The van der Waals surface area contributed by atoms with Crippen LogP contribution in [0.4, 0.5) is 4.39 Å². The Kier molecular flexibility index (Phi) is 2.76. The molecule has 3 heteroatoms. The molecule has 0 atom stereocenters. The van der Waals surface area contributed by atoms with Gasteiger partial charge in [0.15, 0.2) is 0 Å². The highest BCUT2D eigenvalue weighted by Crippen LogP contribution is 2.30. The van der Waals surface area contributed by atoms with E-state index in [4.69, 9.17) is 0 Å². The van der Waals surface area contributed by atoms with Crippen molar-refractivity contribution in [2.24, 2.45) is 0 Å². The number of aromatic hydroxyl groups is 1. The van der Waals surface area contributed by atoms with E-state index in [9.17, 15) is 9.50 Å². The van der Waals surface area contributed by atoms with Crippen molar-refractivity contribution in [2.75, 3.05) is 0 Å².